The van der Waals surface area contributed by atoms with Crippen molar-refractivity contribution in [3.8, 4) is 0 Å². The van der Waals surface area contributed by atoms with Crippen LogP contribution in [0.15, 0.2) is 35.0 Å². The SMILES string of the molecule is CNC(=O)c1cc(C(=O)NC2CC2)c(C(C)c2ccnc3[nH]ccc23)o1. The molecule has 0 saturated heterocycles. The molecule has 0 spiro atoms. The number of pyridine rings is 1. The summed E-state index contributed by atoms with van der Waals surface area (Å²) in [5, 5.41) is 6.47. The van der Waals surface area contributed by atoms with Gasteiger partial charge in [-0.2, -0.15) is 0 Å². The van der Waals surface area contributed by atoms with E-state index in [9.17, 15) is 9.59 Å². The van der Waals surface area contributed by atoms with Gasteiger partial charge in [-0.1, -0.05) is 6.92 Å². The minimum absolute atomic E-state index is 0.134. The first kappa shape index (κ1) is 16.4. The third-order valence-corrected chi connectivity index (χ3v) is 4.72. The molecular weight excluding hydrogens is 332 g/mol. The molecule has 1 unspecified atom stereocenters. The highest BCUT2D eigenvalue weighted by atomic mass is 16.4. The summed E-state index contributed by atoms with van der Waals surface area (Å²) >= 11 is 0. The van der Waals surface area contributed by atoms with Crippen LogP contribution in [0.1, 0.15) is 57.9 Å². The molecule has 134 valence electrons. The van der Waals surface area contributed by atoms with Gasteiger partial charge in [0.05, 0.1) is 5.56 Å². The van der Waals surface area contributed by atoms with Crippen molar-refractivity contribution in [2.24, 2.45) is 0 Å². The molecule has 7 heteroatoms. The van der Waals surface area contributed by atoms with Crippen molar-refractivity contribution in [3.63, 3.8) is 0 Å². The van der Waals surface area contributed by atoms with E-state index < -0.39 is 0 Å². The van der Waals surface area contributed by atoms with Crippen molar-refractivity contribution in [3.05, 3.63) is 53.2 Å². The number of nitrogens with zero attached hydrogens (tertiary/aromatic N) is 1. The van der Waals surface area contributed by atoms with Crippen molar-refractivity contribution in [1.82, 2.24) is 20.6 Å². The van der Waals surface area contributed by atoms with Crippen LogP contribution in [0, 0.1) is 0 Å². The molecule has 1 atom stereocenters. The maximum Gasteiger partial charge on any atom is 0.286 e. The van der Waals surface area contributed by atoms with Crippen LogP contribution in [0.5, 0.6) is 0 Å². The molecule has 0 aliphatic heterocycles. The number of rotatable bonds is 5. The van der Waals surface area contributed by atoms with E-state index in [-0.39, 0.29) is 29.5 Å². The second kappa shape index (κ2) is 6.33. The molecule has 7 nitrogen and oxygen atoms in total. The Hall–Kier alpha value is -3.09. The fourth-order valence-corrected chi connectivity index (χ4v) is 3.13. The number of carbonyl (C=O) groups excluding carboxylic acids is 2. The quantitative estimate of drug-likeness (QED) is 0.657. The first-order valence-electron chi connectivity index (χ1n) is 8.67. The zero-order valence-electron chi connectivity index (χ0n) is 14.6. The number of aromatic amines is 1. The largest absolute Gasteiger partial charge is 0.454 e. The van der Waals surface area contributed by atoms with Crippen molar-refractivity contribution in [1.29, 1.82) is 0 Å². The zero-order chi connectivity index (χ0) is 18.3. The number of nitrogens with one attached hydrogen (secondary N) is 3. The van der Waals surface area contributed by atoms with Gasteiger partial charge in [-0.3, -0.25) is 9.59 Å². The van der Waals surface area contributed by atoms with E-state index in [0.717, 1.165) is 29.4 Å². The monoisotopic (exact) mass is 352 g/mol. The first-order valence-corrected chi connectivity index (χ1v) is 8.67. The predicted molar refractivity (Wildman–Crippen MR) is 96.2 cm³/mol. The second-order valence-corrected chi connectivity index (χ2v) is 6.58. The number of aromatic nitrogens is 2. The normalized spacial score (nSPS) is 15.0. The van der Waals surface area contributed by atoms with Crippen molar-refractivity contribution in [2.45, 2.75) is 31.7 Å². The zero-order valence-corrected chi connectivity index (χ0v) is 14.6. The van der Waals surface area contributed by atoms with Crippen molar-refractivity contribution in [2.75, 3.05) is 7.05 Å². The number of hydrogen-bond donors (Lipinski definition) is 3. The van der Waals surface area contributed by atoms with E-state index in [1.54, 1.807) is 6.20 Å². The van der Waals surface area contributed by atoms with Crippen LogP contribution in [0.25, 0.3) is 11.0 Å². The van der Waals surface area contributed by atoms with Crippen LogP contribution in [-0.2, 0) is 0 Å². The van der Waals surface area contributed by atoms with E-state index in [0.29, 0.717) is 11.3 Å². The molecule has 3 aromatic rings. The predicted octanol–water partition coefficient (Wildman–Crippen LogP) is 2.56. The smallest absolute Gasteiger partial charge is 0.286 e. The average molecular weight is 352 g/mol. The summed E-state index contributed by atoms with van der Waals surface area (Å²) in [6.07, 6.45) is 5.53. The van der Waals surface area contributed by atoms with Gasteiger partial charge in [-0.15, -0.1) is 0 Å². The highest BCUT2D eigenvalue weighted by molar-refractivity contribution is 6.00. The molecule has 1 saturated carbocycles. The van der Waals surface area contributed by atoms with Crippen molar-refractivity contribution < 1.29 is 14.0 Å². The highest BCUT2D eigenvalue weighted by Crippen LogP contribution is 2.33. The summed E-state index contributed by atoms with van der Waals surface area (Å²) in [6.45, 7) is 1.96. The molecule has 1 aliphatic rings. The standard InChI is InChI=1S/C19H20N4O3/c1-10(12-5-7-21-17-13(12)6-8-22-17)16-14(18(24)23-11-3-4-11)9-15(26-16)19(25)20-2/h5-11H,3-4H2,1-2H3,(H,20,25)(H,21,22)(H,23,24). The van der Waals surface area contributed by atoms with Gasteiger partial charge in [0.25, 0.3) is 11.8 Å². The Kier molecular flexibility index (Phi) is 3.99. The molecule has 0 aromatic carbocycles. The van der Waals surface area contributed by atoms with Gasteiger partial charge in [0.1, 0.15) is 11.4 Å². The molecule has 3 heterocycles. The number of fused-ring (bicyclic) bond motifs is 1. The Bertz CT molecular complexity index is 984. The van der Waals surface area contributed by atoms with Crippen LogP contribution in [0.4, 0.5) is 0 Å². The minimum Gasteiger partial charge on any atom is -0.454 e. The molecular formula is C19H20N4O3. The van der Waals surface area contributed by atoms with Gasteiger partial charge in [-0.25, -0.2) is 4.98 Å². The van der Waals surface area contributed by atoms with Gasteiger partial charge in [-0.05, 0) is 30.5 Å². The van der Waals surface area contributed by atoms with Gasteiger partial charge in [0.15, 0.2) is 5.76 Å². The van der Waals surface area contributed by atoms with E-state index >= 15 is 0 Å². The number of H-pyrrole nitrogens is 1. The Balaban J connectivity index is 1.78. The molecule has 1 fully saturated rings. The topological polar surface area (TPSA) is 100 Å². The van der Waals surface area contributed by atoms with Gasteiger partial charge in [0.2, 0.25) is 0 Å². The molecule has 3 N–H and O–H groups in total. The molecule has 1 aliphatic carbocycles. The first-order chi connectivity index (χ1) is 12.6. The lowest BCUT2D eigenvalue weighted by Gasteiger charge is -2.13. The second-order valence-electron chi connectivity index (χ2n) is 6.58. The van der Waals surface area contributed by atoms with Crippen LogP contribution in [0.3, 0.4) is 0 Å². The lowest BCUT2D eigenvalue weighted by Crippen LogP contribution is -2.26. The van der Waals surface area contributed by atoms with E-state index in [2.05, 4.69) is 20.6 Å². The molecule has 26 heavy (non-hydrogen) atoms. The lowest BCUT2D eigenvalue weighted by molar-refractivity contribution is 0.0928. The summed E-state index contributed by atoms with van der Waals surface area (Å²) in [4.78, 5) is 32.1. The Morgan fingerprint density at radius 2 is 2.12 bits per heavy atom. The lowest BCUT2D eigenvalue weighted by atomic mass is 9.94. The fraction of sp³-hybridized carbons (Fsp3) is 0.316. The third kappa shape index (κ3) is 2.85. The Morgan fingerprint density at radius 3 is 2.85 bits per heavy atom. The summed E-state index contributed by atoms with van der Waals surface area (Å²) in [5.74, 6) is -0.155. The summed E-state index contributed by atoms with van der Waals surface area (Å²) < 4.78 is 5.83. The minimum atomic E-state index is -0.356. The van der Waals surface area contributed by atoms with E-state index in [1.165, 1.54) is 13.1 Å². The Labute approximate surface area is 150 Å². The maximum absolute atomic E-state index is 12.7. The van der Waals surface area contributed by atoms with E-state index in [1.807, 2.05) is 25.3 Å². The molecule has 4 rings (SSSR count). The fourth-order valence-electron chi connectivity index (χ4n) is 3.13. The number of furan rings is 1. The molecule has 3 aromatic heterocycles. The Morgan fingerprint density at radius 1 is 1.31 bits per heavy atom. The average Bonchev–Trinajstić information content (AvgIpc) is 3.16. The summed E-state index contributed by atoms with van der Waals surface area (Å²) in [7, 11) is 1.53. The van der Waals surface area contributed by atoms with Crippen LogP contribution in [-0.4, -0.2) is 34.9 Å². The van der Waals surface area contributed by atoms with Gasteiger partial charge >= 0.3 is 0 Å². The highest BCUT2D eigenvalue weighted by Gasteiger charge is 2.30. The van der Waals surface area contributed by atoms with Crippen LogP contribution < -0.4 is 10.6 Å². The van der Waals surface area contributed by atoms with E-state index in [4.69, 9.17) is 4.42 Å². The van der Waals surface area contributed by atoms with Gasteiger partial charge < -0.3 is 20.0 Å². The summed E-state index contributed by atoms with van der Waals surface area (Å²) in [5.41, 5.74) is 2.16. The molecule has 2 amide bonds. The third-order valence-electron chi connectivity index (χ3n) is 4.72. The molecule has 0 bridgehead atoms. The maximum atomic E-state index is 12.7. The van der Waals surface area contributed by atoms with Gasteiger partial charge in [0, 0.05) is 42.9 Å². The summed E-state index contributed by atoms with van der Waals surface area (Å²) in [6, 6.07) is 5.60. The van der Waals surface area contributed by atoms with Crippen LogP contribution in [0.2, 0.25) is 0 Å². The van der Waals surface area contributed by atoms with Crippen molar-refractivity contribution >= 4 is 22.8 Å². The number of carbonyl (C=O) groups is 2. The molecule has 0 radical (unpaired) electrons. The number of amides is 2. The van der Waals surface area contributed by atoms with Crippen LogP contribution >= 0.6 is 0 Å². The number of hydrogen-bond acceptors (Lipinski definition) is 4.